The molecule has 0 aliphatic heterocycles. The molecule has 0 saturated carbocycles. The van der Waals surface area contributed by atoms with Gasteiger partial charge in [0.05, 0.1) is 10.0 Å². The minimum absolute atomic E-state index is 0.0119. The molecule has 0 aliphatic rings. The topological polar surface area (TPSA) is 37.3 Å². The molecule has 17 heavy (non-hydrogen) atoms. The summed E-state index contributed by atoms with van der Waals surface area (Å²) in [6.07, 6.45) is -3.09. The Hall–Kier alpha value is -1.37. The zero-order valence-corrected chi connectivity index (χ0v) is 9.64. The minimum Gasteiger partial charge on any atom is -0.478 e. The standard InChI is InChI=1S/C10H5BrF4O2/c11-8-5(2-4-7(16)17)1-3-6(9(8)12)10(13,14)15/h1-4H,(H,16,17)/b4-2+. The van der Waals surface area contributed by atoms with E-state index in [0.29, 0.717) is 12.1 Å². The number of rotatable bonds is 2. The molecule has 0 atom stereocenters. The number of hydrogen-bond donors (Lipinski definition) is 1. The molecule has 1 N–H and O–H groups in total. The zero-order chi connectivity index (χ0) is 13.2. The van der Waals surface area contributed by atoms with Gasteiger partial charge in [-0.15, -0.1) is 0 Å². The summed E-state index contributed by atoms with van der Waals surface area (Å²) in [5, 5.41) is 8.34. The normalized spacial score (nSPS) is 12.1. The molecule has 1 rings (SSSR count). The van der Waals surface area contributed by atoms with E-state index >= 15 is 0 Å². The fourth-order valence-corrected chi connectivity index (χ4v) is 1.55. The van der Waals surface area contributed by atoms with Crippen molar-refractivity contribution in [2.24, 2.45) is 0 Å². The molecule has 1 aromatic carbocycles. The number of carboxylic acids is 1. The Morgan fingerprint density at radius 2 is 1.94 bits per heavy atom. The number of aliphatic carboxylic acids is 1. The van der Waals surface area contributed by atoms with Crippen molar-refractivity contribution < 1.29 is 27.5 Å². The van der Waals surface area contributed by atoms with Crippen LogP contribution < -0.4 is 0 Å². The SMILES string of the molecule is O=C(O)/C=C/c1ccc(C(F)(F)F)c(F)c1Br. The Morgan fingerprint density at radius 3 is 2.41 bits per heavy atom. The lowest BCUT2D eigenvalue weighted by Gasteiger charge is -2.10. The van der Waals surface area contributed by atoms with Crippen molar-refractivity contribution in [3.8, 4) is 0 Å². The van der Waals surface area contributed by atoms with Crippen LogP contribution in [0.3, 0.4) is 0 Å². The number of hydrogen-bond acceptors (Lipinski definition) is 1. The summed E-state index contributed by atoms with van der Waals surface area (Å²) in [4.78, 5) is 10.2. The second kappa shape index (κ2) is 4.87. The van der Waals surface area contributed by atoms with E-state index in [1.54, 1.807) is 0 Å². The van der Waals surface area contributed by atoms with E-state index in [2.05, 4.69) is 15.9 Å². The van der Waals surface area contributed by atoms with Crippen LogP contribution in [-0.4, -0.2) is 11.1 Å². The van der Waals surface area contributed by atoms with Crippen molar-refractivity contribution in [1.29, 1.82) is 0 Å². The van der Waals surface area contributed by atoms with Crippen molar-refractivity contribution >= 4 is 28.0 Å². The van der Waals surface area contributed by atoms with E-state index in [-0.39, 0.29) is 5.56 Å². The van der Waals surface area contributed by atoms with Gasteiger partial charge < -0.3 is 5.11 Å². The maximum Gasteiger partial charge on any atom is 0.419 e. The van der Waals surface area contributed by atoms with Gasteiger partial charge in [-0.05, 0) is 33.6 Å². The monoisotopic (exact) mass is 312 g/mol. The average Bonchev–Trinajstić information content (AvgIpc) is 2.18. The number of benzene rings is 1. The predicted molar refractivity (Wildman–Crippen MR) is 55.8 cm³/mol. The molecule has 0 spiro atoms. The van der Waals surface area contributed by atoms with Crippen LogP contribution in [0.2, 0.25) is 0 Å². The summed E-state index contributed by atoms with van der Waals surface area (Å²) in [5.41, 5.74) is -1.39. The highest BCUT2D eigenvalue weighted by atomic mass is 79.9. The van der Waals surface area contributed by atoms with E-state index in [1.165, 1.54) is 0 Å². The van der Waals surface area contributed by atoms with Crippen LogP contribution in [0.4, 0.5) is 17.6 Å². The molecule has 0 saturated heterocycles. The summed E-state index contributed by atoms with van der Waals surface area (Å²) in [5.74, 6) is -2.75. The first-order valence-electron chi connectivity index (χ1n) is 4.19. The van der Waals surface area contributed by atoms with Crippen LogP contribution in [0.1, 0.15) is 11.1 Å². The van der Waals surface area contributed by atoms with Crippen LogP contribution in [-0.2, 0) is 11.0 Å². The Balaban J connectivity index is 3.25. The number of carboxylic acid groups (broad SMARTS) is 1. The van der Waals surface area contributed by atoms with Gasteiger partial charge in [-0.25, -0.2) is 9.18 Å². The minimum atomic E-state index is -4.79. The lowest BCUT2D eigenvalue weighted by atomic mass is 10.1. The highest BCUT2D eigenvalue weighted by Crippen LogP contribution is 2.35. The second-order valence-electron chi connectivity index (χ2n) is 3.00. The van der Waals surface area contributed by atoms with Crippen LogP contribution in [0.5, 0.6) is 0 Å². The fourth-order valence-electron chi connectivity index (χ4n) is 1.07. The molecular formula is C10H5BrF4O2. The molecule has 0 unspecified atom stereocenters. The number of alkyl halides is 3. The van der Waals surface area contributed by atoms with Crippen LogP contribution >= 0.6 is 15.9 Å². The van der Waals surface area contributed by atoms with Gasteiger partial charge in [-0.3, -0.25) is 0 Å². The third-order valence-electron chi connectivity index (χ3n) is 1.82. The first-order chi connectivity index (χ1) is 7.73. The van der Waals surface area contributed by atoms with E-state index in [0.717, 1.165) is 12.1 Å². The van der Waals surface area contributed by atoms with E-state index in [9.17, 15) is 22.4 Å². The molecule has 0 amide bonds. The van der Waals surface area contributed by atoms with Crippen LogP contribution in [0.25, 0.3) is 6.08 Å². The summed E-state index contributed by atoms with van der Waals surface area (Å²) in [6.45, 7) is 0. The largest absolute Gasteiger partial charge is 0.478 e. The van der Waals surface area contributed by atoms with Crippen molar-refractivity contribution in [1.82, 2.24) is 0 Å². The smallest absolute Gasteiger partial charge is 0.419 e. The highest BCUT2D eigenvalue weighted by Gasteiger charge is 2.35. The molecule has 0 bridgehead atoms. The van der Waals surface area contributed by atoms with E-state index in [4.69, 9.17) is 5.11 Å². The summed E-state index contributed by atoms with van der Waals surface area (Å²) >= 11 is 2.65. The van der Waals surface area contributed by atoms with Crippen molar-refractivity contribution in [2.45, 2.75) is 6.18 Å². The fraction of sp³-hybridized carbons (Fsp3) is 0.100. The Labute approximate surface area is 102 Å². The van der Waals surface area contributed by atoms with Gasteiger partial charge in [0.25, 0.3) is 0 Å². The third-order valence-corrected chi connectivity index (χ3v) is 2.63. The number of carbonyl (C=O) groups is 1. The van der Waals surface area contributed by atoms with Gasteiger partial charge in [0.2, 0.25) is 0 Å². The Bertz CT molecular complexity index is 480. The first-order valence-corrected chi connectivity index (χ1v) is 4.99. The molecule has 1 aromatic rings. The molecule has 2 nitrogen and oxygen atoms in total. The van der Waals surface area contributed by atoms with Crippen LogP contribution in [0, 0.1) is 5.82 Å². The molecule has 92 valence electrons. The molecular weight excluding hydrogens is 308 g/mol. The van der Waals surface area contributed by atoms with Crippen LogP contribution in [0.15, 0.2) is 22.7 Å². The Kier molecular flexibility index (Phi) is 3.92. The molecule has 0 radical (unpaired) electrons. The van der Waals surface area contributed by atoms with Gasteiger partial charge in [-0.2, -0.15) is 13.2 Å². The molecule has 0 aliphatic carbocycles. The third kappa shape index (κ3) is 3.29. The molecule has 0 heterocycles. The molecule has 0 fully saturated rings. The summed E-state index contributed by atoms with van der Waals surface area (Å²) in [7, 11) is 0. The van der Waals surface area contributed by atoms with E-state index < -0.39 is 28.0 Å². The first kappa shape index (κ1) is 13.7. The molecule has 7 heteroatoms. The summed E-state index contributed by atoms with van der Waals surface area (Å²) < 4.78 is 49.8. The zero-order valence-electron chi connectivity index (χ0n) is 8.05. The van der Waals surface area contributed by atoms with Gasteiger partial charge in [0, 0.05) is 6.08 Å². The summed E-state index contributed by atoms with van der Waals surface area (Å²) in [6, 6.07) is 1.54. The number of halogens is 5. The average molecular weight is 313 g/mol. The highest BCUT2D eigenvalue weighted by molar-refractivity contribution is 9.10. The van der Waals surface area contributed by atoms with Crippen molar-refractivity contribution in [2.75, 3.05) is 0 Å². The van der Waals surface area contributed by atoms with Crippen molar-refractivity contribution in [3.05, 3.63) is 39.6 Å². The van der Waals surface area contributed by atoms with Gasteiger partial charge >= 0.3 is 12.1 Å². The second-order valence-corrected chi connectivity index (χ2v) is 3.79. The van der Waals surface area contributed by atoms with Gasteiger partial charge in [0.1, 0.15) is 5.82 Å². The lowest BCUT2D eigenvalue weighted by molar-refractivity contribution is -0.140. The Morgan fingerprint density at radius 1 is 1.35 bits per heavy atom. The van der Waals surface area contributed by atoms with E-state index in [1.807, 2.05) is 0 Å². The lowest BCUT2D eigenvalue weighted by Crippen LogP contribution is -2.08. The maximum absolute atomic E-state index is 13.3. The quantitative estimate of drug-likeness (QED) is 0.668. The van der Waals surface area contributed by atoms with Gasteiger partial charge in [0.15, 0.2) is 0 Å². The molecule has 0 aromatic heterocycles. The maximum atomic E-state index is 13.3. The van der Waals surface area contributed by atoms with Crippen molar-refractivity contribution in [3.63, 3.8) is 0 Å². The predicted octanol–water partition coefficient (Wildman–Crippen LogP) is 3.70. The van der Waals surface area contributed by atoms with Gasteiger partial charge in [-0.1, -0.05) is 6.07 Å².